The van der Waals surface area contributed by atoms with Crippen LogP contribution in [-0.4, -0.2) is 40.2 Å². The van der Waals surface area contributed by atoms with Gasteiger partial charge in [-0.05, 0) is 37.1 Å². The lowest BCUT2D eigenvalue weighted by Gasteiger charge is -2.46. The van der Waals surface area contributed by atoms with Gasteiger partial charge in [0.15, 0.2) is 0 Å². The third-order valence-corrected chi connectivity index (χ3v) is 15.9. The Morgan fingerprint density at radius 1 is 0.952 bits per heavy atom. The first-order chi connectivity index (χ1) is 8.95. The van der Waals surface area contributed by atoms with E-state index in [9.17, 15) is 4.79 Å². The van der Waals surface area contributed by atoms with Crippen molar-refractivity contribution < 1.29 is 9.22 Å². The summed E-state index contributed by atoms with van der Waals surface area (Å²) in [6, 6.07) is -0.181. The molecule has 0 aliphatic heterocycles. The van der Waals surface area contributed by atoms with Gasteiger partial charge in [0, 0.05) is 0 Å². The van der Waals surface area contributed by atoms with E-state index in [1.54, 1.807) is 0 Å². The van der Waals surface area contributed by atoms with Crippen LogP contribution in [0, 0.1) is 0 Å². The van der Waals surface area contributed by atoms with Crippen LogP contribution in [0.3, 0.4) is 0 Å². The van der Waals surface area contributed by atoms with Crippen LogP contribution in [0.25, 0.3) is 0 Å². The first-order valence-electron chi connectivity index (χ1n) is 7.91. The summed E-state index contributed by atoms with van der Waals surface area (Å²) < 4.78 is 8.25. The quantitative estimate of drug-likeness (QED) is 0.689. The molecule has 0 fully saturated rings. The molecule has 0 heterocycles. The van der Waals surface area contributed by atoms with E-state index in [2.05, 4.69) is 79.3 Å². The number of rotatable bonds is 4. The molecule has 0 aromatic rings. The van der Waals surface area contributed by atoms with Crippen molar-refractivity contribution >= 4 is 22.5 Å². The number of hydrogen-bond donors (Lipinski definition) is 0. The summed E-state index contributed by atoms with van der Waals surface area (Å²) in [6.45, 7) is 24.2. The minimum absolute atomic E-state index is 0.0535. The molecule has 0 amide bonds. The molecule has 5 heteroatoms. The zero-order chi connectivity index (χ0) is 17.4. The normalized spacial score (nSPS) is 16.0. The first-order valence-corrected chi connectivity index (χ1v) is 13.8. The van der Waals surface area contributed by atoms with Crippen LogP contribution < -0.4 is 0 Å². The zero-order valence-electron chi connectivity index (χ0n) is 16.3. The van der Waals surface area contributed by atoms with Crippen molar-refractivity contribution in [3.63, 3.8) is 0 Å². The largest absolute Gasteiger partial charge is 0.518 e. The lowest BCUT2D eigenvalue weighted by molar-refractivity contribution is -0.139. The molecule has 0 radical (unpaired) electrons. The highest BCUT2D eigenvalue weighted by atomic mass is 28.4. The van der Waals surface area contributed by atoms with Gasteiger partial charge < -0.3 is 8.99 Å². The van der Waals surface area contributed by atoms with Gasteiger partial charge in [0.1, 0.15) is 8.24 Å². The van der Waals surface area contributed by atoms with Gasteiger partial charge in [-0.15, -0.1) is 0 Å². The smallest absolute Gasteiger partial charge is 0.309 e. The highest BCUT2D eigenvalue weighted by Gasteiger charge is 2.45. The van der Waals surface area contributed by atoms with Crippen LogP contribution in [0.2, 0.25) is 36.3 Å². The monoisotopic (exact) mass is 331 g/mol. The second-order valence-corrected chi connectivity index (χ2v) is 19.3. The van der Waals surface area contributed by atoms with Gasteiger partial charge >= 0.3 is 5.97 Å². The topological polar surface area (TPSA) is 29.5 Å². The fraction of sp³-hybridized carbons (Fsp3) is 0.938. The molecule has 0 aromatic heterocycles. The molecule has 0 unspecified atom stereocenters. The van der Waals surface area contributed by atoms with Crippen LogP contribution in [0.5, 0.6) is 0 Å². The molecule has 3 nitrogen and oxygen atoms in total. The van der Waals surface area contributed by atoms with E-state index in [1.165, 1.54) is 0 Å². The molecule has 0 aromatic carbocycles. The van der Waals surface area contributed by atoms with Crippen molar-refractivity contribution in [2.45, 2.75) is 90.8 Å². The molecule has 0 saturated heterocycles. The second kappa shape index (κ2) is 6.16. The van der Waals surface area contributed by atoms with Crippen LogP contribution >= 0.6 is 0 Å². The average Bonchev–Trinajstić information content (AvgIpc) is 2.23. The predicted molar refractivity (Wildman–Crippen MR) is 97.7 cm³/mol. The molecule has 21 heavy (non-hydrogen) atoms. The predicted octanol–water partition coefficient (Wildman–Crippen LogP) is 4.86. The molecular formula is C16H37NO2Si2. The van der Waals surface area contributed by atoms with Gasteiger partial charge in [-0.25, -0.2) is 0 Å². The summed E-state index contributed by atoms with van der Waals surface area (Å²) in [7, 11) is -1.67. The highest BCUT2D eigenvalue weighted by molar-refractivity contribution is 6.78. The fourth-order valence-electron chi connectivity index (χ4n) is 1.66. The van der Waals surface area contributed by atoms with E-state index in [0.717, 1.165) is 0 Å². The van der Waals surface area contributed by atoms with Gasteiger partial charge in [0.05, 0.1) is 6.04 Å². The van der Waals surface area contributed by atoms with Gasteiger partial charge in [-0.2, -0.15) is 0 Å². The lowest BCUT2D eigenvalue weighted by Crippen LogP contribution is -2.59. The summed E-state index contributed by atoms with van der Waals surface area (Å²) in [4.78, 5) is 12.6. The van der Waals surface area contributed by atoms with Crippen LogP contribution in [-0.2, 0) is 9.22 Å². The highest BCUT2D eigenvalue weighted by Crippen LogP contribution is 2.40. The minimum Gasteiger partial charge on any atom is -0.518 e. The molecule has 0 bridgehead atoms. The number of carbonyl (C=O) groups excluding carboxylic acids is 1. The maximum atomic E-state index is 12.6. The van der Waals surface area contributed by atoms with Crippen LogP contribution in [0.15, 0.2) is 0 Å². The average molecular weight is 332 g/mol. The molecule has 0 aliphatic carbocycles. The van der Waals surface area contributed by atoms with Gasteiger partial charge in [0.2, 0.25) is 0 Å². The van der Waals surface area contributed by atoms with Crippen LogP contribution in [0.4, 0.5) is 0 Å². The Morgan fingerprint density at radius 2 is 1.33 bits per heavy atom. The summed E-state index contributed by atoms with van der Waals surface area (Å²) in [5.74, 6) is -0.0612. The Hall–Kier alpha value is -0.136. The Labute approximate surface area is 134 Å². The maximum absolute atomic E-state index is 12.6. The SMILES string of the molecule is C[C@@H](C(=O)O[Si](C)(C)C(C)(C)C)N(C)[Si](C)(C)C(C)(C)C. The van der Waals surface area contributed by atoms with E-state index in [0.29, 0.717) is 0 Å². The summed E-state index contributed by atoms with van der Waals surface area (Å²) in [6.07, 6.45) is 0. The molecular weight excluding hydrogens is 294 g/mol. The fourth-order valence-corrected chi connectivity index (χ4v) is 4.77. The number of likely N-dealkylation sites (N-methyl/N-ethyl adjacent to an activating group) is 1. The minimum atomic E-state index is -2.04. The van der Waals surface area contributed by atoms with Crippen molar-refractivity contribution in [1.82, 2.24) is 4.57 Å². The number of carbonyl (C=O) groups is 1. The summed E-state index contributed by atoms with van der Waals surface area (Å²) >= 11 is 0. The molecule has 0 rings (SSSR count). The van der Waals surface area contributed by atoms with E-state index in [4.69, 9.17) is 4.43 Å². The molecule has 0 N–H and O–H groups in total. The van der Waals surface area contributed by atoms with Gasteiger partial charge in [0.25, 0.3) is 8.32 Å². The van der Waals surface area contributed by atoms with Crippen molar-refractivity contribution in [2.75, 3.05) is 7.05 Å². The van der Waals surface area contributed by atoms with Gasteiger partial charge in [-0.1, -0.05) is 54.6 Å². The Kier molecular flexibility index (Phi) is 6.12. The Balaban J connectivity index is 5.12. The molecule has 126 valence electrons. The Bertz CT molecular complexity index is 379. The first kappa shape index (κ1) is 20.9. The zero-order valence-corrected chi connectivity index (χ0v) is 18.3. The van der Waals surface area contributed by atoms with Crippen molar-refractivity contribution in [1.29, 1.82) is 0 Å². The summed E-state index contributed by atoms with van der Waals surface area (Å²) in [5.41, 5.74) is 0. The molecule has 1 atom stereocenters. The molecule has 0 saturated carbocycles. The van der Waals surface area contributed by atoms with Gasteiger partial charge in [-0.3, -0.25) is 4.79 Å². The van der Waals surface area contributed by atoms with Crippen molar-refractivity contribution in [3.8, 4) is 0 Å². The van der Waals surface area contributed by atoms with E-state index >= 15 is 0 Å². The van der Waals surface area contributed by atoms with Crippen molar-refractivity contribution in [2.24, 2.45) is 0 Å². The molecule has 0 aliphatic rings. The van der Waals surface area contributed by atoms with Crippen molar-refractivity contribution in [3.05, 3.63) is 0 Å². The summed E-state index contributed by atoms with van der Waals surface area (Å²) in [5, 5.41) is 0.269. The lowest BCUT2D eigenvalue weighted by atomic mass is 10.2. The number of hydrogen-bond acceptors (Lipinski definition) is 3. The Morgan fingerprint density at radius 3 is 1.62 bits per heavy atom. The second-order valence-electron chi connectivity index (χ2n) is 9.28. The standard InChI is InChI=1S/C16H37NO2Si2/c1-13(17(8)20(9,10)15(2,3)4)14(18)19-21(11,12)16(5,6)7/h13H,1-12H3/t13-/m0/s1. The van der Waals surface area contributed by atoms with E-state index in [1.807, 2.05) is 6.92 Å². The van der Waals surface area contributed by atoms with E-state index in [-0.39, 0.29) is 22.1 Å². The maximum Gasteiger partial charge on any atom is 0.309 e. The third kappa shape index (κ3) is 4.66. The van der Waals surface area contributed by atoms with Crippen LogP contribution in [0.1, 0.15) is 48.5 Å². The number of nitrogens with zero attached hydrogens (tertiary/aromatic N) is 1. The third-order valence-electron chi connectivity index (χ3n) is 5.80. The molecule has 0 spiro atoms. The van der Waals surface area contributed by atoms with E-state index < -0.39 is 16.6 Å².